The Balaban J connectivity index is 1.75. The summed E-state index contributed by atoms with van der Waals surface area (Å²) >= 11 is 0. The quantitative estimate of drug-likeness (QED) is 0.741. The van der Waals surface area contributed by atoms with Crippen LogP contribution in [0.5, 0.6) is 0 Å². The molecule has 0 saturated carbocycles. The smallest absolute Gasteiger partial charge is 0.254 e. The Morgan fingerprint density at radius 1 is 1.19 bits per heavy atom. The maximum absolute atomic E-state index is 13.0. The molecule has 1 aliphatic heterocycles. The molecule has 3 rings (SSSR count). The lowest BCUT2D eigenvalue weighted by molar-refractivity contribution is -0.128. The average molecular weight is 360 g/mol. The second-order valence-corrected chi connectivity index (χ2v) is 6.97. The average Bonchev–Trinajstić information content (AvgIpc) is 3.07. The van der Waals surface area contributed by atoms with Crippen LogP contribution in [0.1, 0.15) is 39.9 Å². The second kappa shape index (κ2) is 8.55. The lowest BCUT2D eigenvalue weighted by atomic mass is 10.1. The summed E-state index contributed by atoms with van der Waals surface area (Å²) in [5.41, 5.74) is 3.79. The summed E-state index contributed by atoms with van der Waals surface area (Å²) < 4.78 is 0. The van der Waals surface area contributed by atoms with Gasteiger partial charge >= 0.3 is 0 Å². The van der Waals surface area contributed by atoms with Gasteiger partial charge in [-0.3, -0.25) is 9.59 Å². The fourth-order valence-corrected chi connectivity index (χ4v) is 3.30. The van der Waals surface area contributed by atoms with Gasteiger partial charge in [-0.15, -0.1) is 6.42 Å². The van der Waals surface area contributed by atoms with Crippen molar-refractivity contribution >= 4 is 11.8 Å². The molecule has 0 radical (unpaired) electrons. The van der Waals surface area contributed by atoms with Crippen molar-refractivity contribution in [2.75, 3.05) is 13.1 Å². The van der Waals surface area contributed by atoms with E-state index in [4.69, 9.17) is 6.42 Å². The number of hydrogen-bond acceptors (Lipinski definition) is 2. The largest absolute Gasteiger partial charge is 0.338 e. The number of carbonyl (C=O) groups excluding carboxylic acids is 2. The predicted octanol–water partition coefficient (Wildman–Crippen LogP) is 3.39. The number of likely N-dealkylation sites (tertiary alicyclic amines) is 1. The predicted molar refractivity (Wildman–Crippen MR) is 106 cm³/mol. The number of aryl methyl sites for hydroxylation is 1. The van der Waals surface area contributed by atoms with Crippen molar-refractivity contribution in [2.24, 2.45) is 0 Å². The molecule has 2 aromatic carbocycles. The highest BCUT2D eigenvalue weighted by atomic mass is 16.2. The minimum Gasteiger partial charge on any atom is -0.338 e. The molecule has 0 aliphatic carbocycles. The lowest BCUT2D eigenvalue weighted by Crippen LogP contribution is -2.31. The minimum atomic E-state index is -0.0943. The van der Waals surface area contributed by atoms with E-state index in [0.717, 1.165) is 24.1 Å². The topological polar surface area (TPSA) is 40.6 Å². The number of hydrogen-bond donors (Lipinski definition) is 0. The highest BCUT2D eigenvalue weighted by Gasteiger charge is 2.21. The number of benzene rings is 2. The molecule has 4 nitrogen and oxygen atoms in total. The van der Waals surface area contributed by atoms with Crippen molar-refractivity contribution < 1.29 is 9.59 Å². The number of carbonyl (C=O) groups is 2. The van der Waals surface area contributed by atoms with Crippen LogP contribution in [-0.4, -0.2) is 34.7 Å². The summed E-state index contributed by atoms with van der Waals surface area (Å²) in [6, 6.07) is 15.6. The molecule has 2 aromatic rings. The molecule has 27 heavy (non-hydrogen) atoms. The van der Waals surface area contributed by atoms with Crippen LogP contribution in [0.4, 0.5) is 0 Å². The zero-order chi connectivity index (χ0) is 19.2. The van der Waals surface area contributed by atoms with E-state index >= 15 is 0 Å². The lowest BCUT2D eigenvalue weighted by Gasteiger charge is -2.21. The monoisotopic (exact) mass is 360 g/mol. The Hall–Kier alpha value is -3.06. The molecule has 0 spiro atoms. The van der Waals surface area contributed by atoms with Gasteiger partial charge in [-0.05, 0) is 36.6 Å². The van der Waals surface area contributed by atoms with Gasteiger partial charge in [0.25, 0.3) is 5.91 Å². The van der Waals surface area contributed by atoms with Gasteiger partial charge < -0.3 is 9.80 Å². The highest BCUT2D eigenvalue weighted by Crippen LogP contribution is 2.17. The fraction of sp³-hybridized carbons (Fsp3) is 0.304. The van der Waals surface area contributed by atoms with Crippen LogP contribution in [0.3, 0.4) is 0 Å². The van der Waals surface area contributed by atoms with Crippen LogP contribution in [0.2, 0.25) is 0 Å². The molecule has 138 valence electrons. The molecule has 1 aliphatic rings. The van der Waals surface area contributed by atoms with Gasteiger partial charge in [-0.1, -0.05) is 47.9 Å². The Bertz CT molecular complexity index is 865. The first-order valence-electron chi connectivity index (χ1n) is 9.22. The Labute approximate surface area is 160 Å². The molecule has 1 heterocycles. The number of amides is 2. The highest BCUT2D eigenvalue weighted by molar-refractivity contribution is 5.94. The SMILES string of the molecule is C#CCN(Cc1ccc(C)cc1)C(=O)c1cccc(CN2CCCC2=O)c1. The van der Waals surface area contributed by atoms with Crippen LogP contribution in [0.25, 0.3) is 0 Å². The first-order chi connectivity index (χ1) is 13.1. The van der Waals surface area contributed by atoms with Gasteiger partial charge in [0, 0.05) is 31.6 Å². The van der Waals surface area contributed by atoms with Crippen LogP contribution in [-0.2, 0) is 17.9 Å². The molecule has 0 unspecified atom stereocenters. The van der Waals surface area contributed by atoms with Gasteiger partial charge in [0.05, 0.1) is 6.54 Å². The van der Waals surface area contributed by atoms with E-state index in [1.165, 1.54) is 5.56 Å². The molecule has 1 saturated heterocycles. The van der Waals surface area contributed by atoms with Gasteiger partial charge in [-0.2, -0.15) is 0 Å². The zero-order valence-corrected chi connectivity index (χ0v) is 15.6. The van der Waals surface area contributed by atoms with E-state index in [-0.39, 0.29) is 18.4 Å². The molecule has 0 bridgehead atoms. The maximum Gasteiger partial charge on any atom is 0.254 e. The summed E-state index contributed by atoms with van der Waals surface area (Å²) in [4.78, 5) is 28.4. The molecule has 2 amide bonds. The zero-order valence-electron chi connectivity index (χ0n) is 15.6. The third-order valence-corrected chi connectivity index (χ3v) is 4.78. The number of nitrogens with zero attached hydrogens (tertiary/aromatic N) is 2. The van der Waals surface area contributed by atoms with Crippen molar-refractivity contribution in [3.63, 3.8) is 0 Å². The van der Waals surface area contributed by atoms with Crippen molar-refractivity contribution in [3.8, 4) is 12.3 Å². The molecule has 0 N–H and O–H groups in total. The normalized spacial score (nSPS) is 13.5. The molecule has 1 fully saturated rings. The summed E-state index contributed by atoms with van der Waals surface area (Å²) in [5.74, 6) is 2.67. The molecule has 0 aromatic heterocycles. The molecular weight excluding hydrogens is 336 g/mol. The first-order valence-corrected chi connectivity index (χ1v) is 9.22. The Morgan fingerprint density at radius 2 is 1.96 bits per heavy atom. The van der Waals surface area contributed by atoms with E-state index in [2.05, 4.69) is 5.92 Å². The fourth-order valence-electron chi connectivity index (χ4n) is 3.30. The van der Waals surface area contributed by atoms with E-state index in [1.54, 1.807) is 11.0 Å². The van der Waals surface area contributed by atoms with Gasteiger partial charge in [0.2, 0.25) is 5.91 Å². The number of rotatable bonds is 6. The van der Waals surface area contributed by atoms with E-state index in [9.17, 15) is 9.59 Å². The van der Waals surface area contributed by atoms with Crippen molar-refractivity contribution in [1.82, 2.24) is 9.80 Å². The molecule has 4 heteroatoms. The third-order valence-electron chi connectivity index (χ3n) is 4.78. The van der Waals surface area contributed by atoms with Crippen molar-refractivity contribution in [2.45, 2.75) is 32.9 Å². The second-order valence-electron chi connectivity index (χ2n) is 6.97. The number of terminal acetylenes is 1. The van der Waals surface area contributed by atoms with Crippen LogP contribution < -0.4 is 0 Å². The minimum absolute atomic E-state index is 0.0943. The summed E-state index contributed by atoms with van der Waals surface area (Å²) in [6.07, 6.45) is 7.01. The molecule has 0 atom stereocenters. The van der Waals surface area contributed by atoms with Crippen molar-refractivity contribution in [1.29, 1.82) is 0 Å². The van der Waals surface area contributed by atoms with Crippen LogP contribution in [0.15, 0.2) is 48.5 Å². The first kappa shape index (κ1) is 18.7. The van der Waals surface area contributed by atoms with Crippen LogP contribution in [0, 0.1) is 19.3 Å². The van der Waals surface area contributed by atoms with E-state index < -0.39 is 0 Å². The van der Waals surface area contributed by atoms with Crippen LogP contribution >= 0.6 is 0 Å². The van der Waals surface area contributed by atoms with E-state index in [0.29, 0.717) is 25.1 Å². The van der Waals surface area contributed by atoms with Gasteiger partial charge in [0.15, 0.2) is 0 Å². The molecular formula is C23H24N2O2. The Kier molecular flexibility index (Phi) is 5.93. The van der Waals surface area contributed by atoms with Crippen molar-refractivity contribution in [3.05, 3.63) is 70.8 Å². The van der Waals surface area contributed by atoms with Gasteiger partial charge in [-0.25, -0.2) is 0 Å². The third kappa shape index (κ3) is 4.77. The Morgan fingerprint density at radius 3 is 2.63 bits per heavy atom. The summed E-state index contributed by atoms with van der Waals surface area (Å²) in [5, 5.41) is 0. The summed E-state index contributed by atoms with van der Waals surface area (Å²) in [6.45, 7) is 4.09. The standard InChI is InChI=1S/C23H24N2O2/c1-3-13-25(16-19-11-9-18(2)10-12-19)23(27)21-7-4-6-20(15-21)17-24-14-5-8-22(24)26/h1,4,6-7,9-12,15H,5,8,13-14,16-17H2,2H3. The maximum atomic E-state index is 13.0. The summed E-state index contributed by atoms with van der Waals surface area (Å²) in [7, 11) is 0. The van der Waals surface area contributed by atoms with E-state index in [1.807, 2.05) is 54.3 Å². The van der Waals surface area contributed by atoms with Gasteiger partial charge in [0.1, 0.15) is 0 Å².